The van der Waals surface area contributed by atoms with Crippen LogP contribution in [0.15, 0.2) is 63.4 Å². The van der Waals surface area contributed by atoms with Crippen molar-refractivity contribution in [3.63, 3.8) is 0 Å². The minimum Gasteiger partial charge on any atom is -0.354 e. The minimum atomic E-state index is -3.52. The molecule has 0 N–H and O–H groups in total. The molecule has 1 aromatic heterocycles. The van der Waals surface area contributed by atoms with Gasteiger partial charge in [-0.15, -0.1) is 6.58 Å². The van der Waals surface area contributed by atoms with Crippen molar-refractivity contribution in [1.29, 1.82) is 0 Å². The van der Waals surface area contributed by atoms with E-state index in [4.69, 9.17) is 4.99 Å². The number of carbonyl (C=O) groups excluding carboxylic acids is 1. The SMILES string of the molecule is C=CC/C(=C(\C=C/C)N=C(C)c1cc(C)cc2c(=O)n(C)c(N3CCN(C(=O)C(C)C4CC4)CC3)cc12)S(C)(=O)=O. The summed E-state index contributed by atoms with van der Waals surface area (Å²) in [5, 5.41) is 1.35. The van der Waals surface area contributed by atoms with Crippen molar-refractivity contribution in [2.24, 2.45) is 23.9 Å². The van der Waals surface area contributed by atoms with Gasteiger partial charge in [0.2, 0.25) is 5.91 Å². The van der Waals surface area contributed by atoms with Crippen molar-refractivity contribution in [1.82, 2.24) is 9.47 Å². The first kappa shape index (κ1) is 30.5. The highest BCUT2D eigenvalue weighted by molar-refractivity contribution is 7.94. The predicted octanol–water partition coefficient (Wildman–Crippen LogP) is 4.76. The molecule has 9 heteroatoms. The highest BCUT2D eigenvalue weighted by atomic mass is 32.2. The Labute approximate surface area is 243 Å². The summed E-state index contributed by atoms with van der Waals surface area (Å²) < 4.78 is 26.8. The number of aromatic nitrogens is 1. The molecule has 4 rings (SSSR count). The first-order chi connectivity index (χ1) is 19.4. The first-order valence-electron chi connectivity index (χ1n) is 14.3. The molecule has 1 aliphatic carbocycles. The van der Waals surface area contributed by atoms with E-state index in [0.717, 1.165) is 35.2 Å². The summed E-state index contributed by atoms with van der Waals surface area (Å²) in [4.78, 5) is 35.7. The Morgan fingerprint density at radius 1 is 1.15 bits per heavy atom. The van der Waals surface area contributed by atoms with E-state index in [-0.39, 0.29) is 28.7 Å². The average molecular weight is 579 g/mol. The van der Waals surface area contributed by atoms with E-state index in [9.17, 15) is 18.0 Å². The van der Waals surface area contributed by atoms with Crippen molar-refractivity contribution < 1.29 is 13.2 Å². The largest absolute Gasteiger partial charge is 0.354 e. The fraction of sp³-hybridized carbons (Fsp3) is 0.469. The molecule has 1 saturated carbocycles. The molecule has 1 aliphatic heterocycles. The number of nitrogens with zero attached hydrogens (tertiary/aromatic N) is 4. The molecule has 41 heavy (non-hydrogen) atoms. The molecule has 2 aromatic rings. The molecule has 0 bridgehead atoms. The minimum absolute atomic E-state index is 0.0795. The third-order valence-electron chi connectivity index (χ3n) is 8.18. The van der Waals surface area contributed by atoms with E-state index >= 15 is 0 Å². The zero-order valence-corrected chi connectivity index (χ0v) is 25.9. The van der Waals surface area contributed by atoms with E-state index in [1.165, 1.54) is 6.26 Å². The lowest BCUT2D eigenvalue weighted by Crippen LogP contribution is -2.51. The van der Waals surface area contributed by atoms with Gasteiger partial charge in [-0.2, -0.15) is 0 Å². The van der Waals surface area contributed by atoms with Crippen molar-refractivity contribution in [3.8, 4) is 0 Å². The van der Waals surface area contributed by atoms with Gasteiger partial charge in [0.25, 0.3) is 5.56 Å². The van der Waals surface area contributed by atoms with Crippen LogP contribution in [0.1, 0.15) is 51.2 Å². The Morgan fingerprint density at radius 2 is 1.80 bits per heavy atom. The van der Waals surface area contributed by atoms with Crippen LogP contribution in [-0.2, 0) is 21.7 Å². The van der Waals surface area contributed by atoms with Crippen LogP contribution >= 0.6 is 0 Å². The average Bonchev–Trinajstić information content (AvgIpc) is 3.78. The number of allylic oxidation sites excluding steroid dienone is 4. The van der Waals surface area contributed by atoms with Crippen LogP contribution in [0.2, 0.25) is 0 Å². The van der Waals surface area contributed by atoms with E-state index in [1.807, 2.05) is 50.8 Å². The smallest absolute Gasteiger partial charge is 0.259 e. The van der Waals surface area contributed by atoms with Gasteiger partial charge in [-0.25, -0.2) is 8.42 Å². The number of aliphatic imine (C=N–C) groups is 1. The Balaban J connectivity index is 1.77. The lowest BCUT2D eigenvalue weighted by molar-refractivity contribution is -0.135. The molecule has 1 amide bonds. The van der Waals surface area contributed by atoms with Crippen LogP contribution in [0.25, 0.3) is 10.8 Å². The van der Waals surface area contributed by atoms with Crippen molar-refractivity contribution >= 4 is 38.0 Å². The molecule has 2 heterocycles. The molecule has 8 nitrogen and oxygen atoms in total. The second kappa shape index (κ2) is 12.2. The van der Waals surface area contributed by atoms with Gasteiger partial charge in [-0.3, -0.25) is 19.1 Å². The number of rotatable bonds is 9. The van der Waals surface area contributed by atoms with E-state index in [1.54, 1.807) is 29.8 Å². The zero-order chi connectivity index (χ0) is 30.1. The maximum Gasteiger partial charge on any atom is 0.259 e. The molecule has 2 fully saturated rings. The Kier molecular flexibility index (Phi) is 9.07. The van der Waals surface area contributed by atoms with Crippen molar-refractivity contribution in [2.75, 3.05) is 37.3 Å². The number of hydrogen-bond acceptors (Lipinski definition) is 6. The molecule has 220 valence electrons. The quantitative estimate of drug-likeness (QED) is 0.243. The van der Waals surface area contributed by atoms with Gasteiger partial charge in [-0.05, 0) is 74.8 Å². The third-order valence-corrected chi connectivity index (χ3v) is 9.45. The van der Waals surface area contributed by atoms with Gasteiger partial charge in [-0.1, -0.05) is 19.1 Å². The third kappa shape index (κ3) is 6.56. The van der Waals surface area contributed by atoms with Crippen LogP contribution in [-0.4, -0.2) is 61.9 Å². The van der Waals surface area contributed by atoms with Gasteiger partial charge in [0, 0.05) is 68.5 Å². The molecular weight excluding hydrogens is 536 g/mol. The van der Waals surface area contributed by atoms with Gasteiger partial charge >= 0.3 is 0 Å². The monoisotopic (exact) mass is 578 g/mol. The summed E-state index contributed by atoms with van der Waals surface area (Å²) in [5.74, 6) is 1.63. The van der Waals surface area contributed by atoms with Crippen molar-refractivity contribution in [3.05, 3.63) is 75.1 Å². The van der Waals surface area contributed by atoms with Gasteiger partial charge < -0.3 is 9.80 Å². The fourth-order valence-corrected chi connectivity index (χ4v) is 6.57. The molecule has 1 unspecified atom stereocenters. The van der Waals surface area contributed by atoms with Gasteiger partial charge in [0.15, 0.2) is 9.84 Å². The summed E-state index contributed by atoms with van der Waals surface area (Å²) in [6.45, 7) is 13.9. The molecule has 1 aromatic carbocycles. The second-order valence-electron chi connectivity index (χ2n) is 11.3. The summed E-state index contributed by atoms with van der Waals surface area (Å²) in [5.41, 5.74) is 2.55. The highest BCUT2D eigenvalue weighted by Gasteiger charge is 2.36. The first-order valence-corrected chi connectivity index (χ1v) is 16.2. The lowest BCUT2D eigenvalue weighted by Gasteiger charge is -2.37. The van der Waals surface area contributed by atoms with Crippen LogP contribution in [0, 0.1) is 18.8 Å². The fourth-order valence-electron chi connectivity index (χ4n) is 5.65. The maximum absolute atomic E-state index is 13.6. The van der Waals surface area contributed by atoms with Crippen LogP contribution in [0.5, 0.6) is 0 Å². The topological polar surface area (TPSA) is 92.1 Å². The molecular formula is C32H42N4O4S. The number of piperazine rings is 1. The van der Waals surface area contributed by atoms with E-state index in [0.29, 0.717) is 48.9 Å². The number of amides is 1. The second-order valence-corrected chi connectivity index (χ2v) is 13.4. The van der Waals surface area contributed by atoms with Gasteiger partial charge in [0.05, 0.1) is 10.6 Å². The van der Waals surface area contributed by atoms with Crippen molar-refractivity contribution in [2.45, 2.75) is 47.0 Å². The Morgan fingerprint density at radius 3 is 2.37 bits per heavy atom. The summed E-state index contributed by atoms with van der Waals surface area (Å²) >= 11 is 0. The summed E-state index contributed by atoms with van der Waals surface area (Å²) in [6, 6.07) is 5.90. The molecule has 1 atom stereocenters. The standard InChI is InChI=1S/C32H42N4O4S/c1-8-10-28(29(11-9-2)41(7,39)40)33-23(5)25-18-21(3)19-27-26(25)20-30(34(6)32(27)38)35-14-16-36(17-15-35)31(37)22(4)24-12-13-24/h8-10,18-20,22,24H,2,11-17H2,1,3-7H3/b10-8-,29-28-,33-23?. The Bertz CT molecular complexity index is 1620. The number of sulfone groups is 1. The number of fused-ring (bicyclic) bond motifs is 1. The molecule has 1 saturated heterocycles. The lowest BCUT2D eigenvalue weighted by atomic mass is 9.99. The number of carbonyl (C=O) groups is 1. The van der Waals surface area contributed by atoms with Crippen LogP contribution in [0.3, 0.4) is 0 Å². The number of anilines is 1. The molecule has 0 radical (unpaired) electrons. The van der Waals surface area contributed by atoms with Gasteiger partial charge in [0.1, 0.15) is 5.82 Å². The molecule has 0 spiro atoms. The normalized spacial score (nSPS) is 18.1. The summed E-state index contributed by atoms with van der Waals surface area (Å²) in [6.07, 6.45) is 8.65. The summed E-state index contributed by atoms with van der Waals surface area (Å²) in [7, 11) is -1.73. The van der Waals surface area contributed by atoms with E-state index in [2.05, 4.69) is 11.5 Å². The Hall–Kier alpha value is -3.46. The predicted molar refractivity (Wildman–Crippen MR) is 168 cm³/mol. The zero-order valence-electron chi connectivity index (χ0n) is 25.1. The highest BCUT2D eigenvalue weighted by Crippen LogP contribution is 2.37. The van der Waals surface area contributed by atoms with Crippen LogP contribution < -0.4 is 10.5 Å². The number of benzene rings is 1. The van der Waals surface area contributed by atoms with E-state index < -0.39 is 9.84 Å². The number of hydrogen-bond donors (Lipinski definition) is 0. The molecule has 2 aliphatic rings. The number of aryl methyl sites for hydroxylation is 1. The number of pyridine rings is 1. The van der Waals surface area contributed by atoms with Crippen LogP contribution in [0.4, 0.5) is 5.82 Å². The maximum atomic E-state index is 13.6.